The average molecular weight is 504 g/mol. The molecule has 6 unspecified atom stereocenters. The summed E-state index contributed by atoms with van der Waals surface area (Å²) in [6.45, 7) is 1.61. The molecule has 0 radical (unpaired) electrons. The summed E-state index contributed by atoms with van der Waals surface area (Å²) in [5, 5.41) is 12.2. The van der Waals surface area contributed by atoms with Crippen LogP contribution in [0.25, 0.3) is 0 Å². The number of fused-ring (bicyclic) bond motifs is 2. The van der Waals surface area contributed by atoms with Gasteiger partial charge in [0.15, 0.2) is 0 Å². The molecule has 0 aromatic heterocycles. The van der Waals surface area contributed by atoms with Gasteiger partial charge in [-0.3, -0.25) is 14.4 Å². The first-order chi connectivity index (χ1) is 17.1. The zero-order valence-corrected chi connectivity index (χ0v) is 20.5. The number of ether oxygens (including phenoxy) is 5. The van der Waals surface area contributed by atoms with Crippen molar-refractivity contribution in [3.63, 3.8) is 0 Å². The van der Waals surface area contributed by atoms with Crippen LogP contribution in [0.2, 0.25) is 0 Å². The Morgan fingerprint density at radius 3 is 1.89 bits per heavy atom. The van der Waals surface area contributed by atoms with Crippen LogP contribution in [0.5, 0.6) is 0 Å². The van der Waals surface area contributed by atoms with Crippen LogP contribution in [-0.4, -0.2) is 69.0 Å². The number of methoxy groups -OCH3 is 4. The van der Waals surface area contributed by atoms with Crippen LogP contribution in [0.4, 0.5) is 0 Å². The third kappa shape index (κ3) is 4.23. The molecule has 11 nitrogen and oxygen atoms in total. The maximum Gasteiger partial charge on any atom is 0.343 e. The molecule has 2 aliphatic carbocycles. The quantitative estimate of drug-likeness (QED) is 0.437. The summed E-state index contributed by atoms with van der Waals surface area (Å²) in [4.78, 5) is 65.2. The van der Waals surface area contributed by atoms with E-state index in [4.69, 9.17) is 23.7 Å². The molecular weight excluding hydrogens is 476 g/mol. The van der Waals surface area contributed by atoms with Crippen molar-refractivity contribution in [3.8, 4) is 0 Å². The number of hydrogen-bond acceptors (Lipinski definition) is 11. The molecule has 1 aromatic rings. The highest BCUT2D eigenvalue weighted by atomic mass is 16.6. The molecule has 2 bridgehead atoms. The molecule has 6 atom stereocenters. The highest BCUT2D eigenvalue weighted by Gasteiger charge is 2.71. The topological polar surface area (TPSA) is 152 Å². The molecule has 0 spiro atoms. The summed E-state index contributed by atoms with van der Waals surface area (Å²) in [5.41, 5.74) is -2.74. The smallest absolute Gasteiger partial charge is 0.343 e. The van der Waals surface area contributed by atoms with Gasteiger partial charge in [-0.2, -0.15) is 0 Å². The minimum absolute atomic E-state index is 0.00650. The van der Waals surface area contributed by atoms with Crippen LogP contribution in [0.3, 0.4) is 0 Å². The molecule has 1 N–H and O–H groups in total. The van der Waals surface area contributed by atoms with Gasteiger partial charge in [0, 0.05) is 5.92 Å². The molecule has 2 aliphatic rings. The van der Waals surface area contributed by atoms with Crippen LogP contribution in [0.15, 0.2) is 41.7 Å². The zero-order valence-electron chi connectivity index (χ0n) is 20.5. The molecule has 1 aromatic carbocycles. The predicted molar refractivity (Wildman–Crippen MR) is 120 cm³/mol. The molecule has 0 aliphatic heterocycles. The molecular formula is C25H28O11. The van der Waals surface area contributed by atoms with Gasteiger partial charge in [0.1, 0.15) is 17.3 Å². The fraction of sp³-hybridized carbons (Fsp3) is 0.480. The maximum absolute atomic E-state index is 13.2. The van der Waals surface area contributed by atoms with E-state index in [1.165, 1.54) is 12.1 Å². The number of carbonyl (C=O) groups excluding carboxylic acids is 5. The number of esters is 5. The van der Waals surface area contributed by atoms with Gasteiger partial charge in [-0.1, -0.05) is 25.1 Å². The van der Waals surface area contributed by atoms with Crippen molar-refractivity contribution in [1.82, 2.24) is 0 Å². The predicted octanol–water partition coefficient (Wildman–Crippen LogP) is 1.04. The van der Waals surface area contributed by atoms with Crippen LogP contribution in [0, 0.1) is 29.6 Å². The van der Waals surface area contributed by atoms with Gasteiger partial charge in [-0.05, 0) is 24.5 Å². The highest BCUT2D eigenvalue weighted by Crippen LogP contribution is 2.58. The zero-order chi connectivity index (χ0) is 26.8. The Bertz CT molecular complexity index is 1090. The van der Waals surface area contributed by atoms with Gasteiger partial charge in [-0.25, -0.2) is 9.59 Å². The molecule has 0 saturated heterocycles. The van der Waals surface area contributed by atoms with E-state index in [9.17, 15) is 29.1 Å². The number of hydrogen-bond donors (Lipinski definition) is 1. The second kappa shape index (κ2) is 10.5. The van der Waals surface area contributed by atoms with Crippen molar-refractivity contribution in [3.05, 3.63) is 47.2 Å². The van der Waals surface area contributed by atoms with Crippen molar-refractivity contribution in [2.75, 3.05) is 28.4 Å². The molecule has 1 saturated carbocycles. The van der Waals surface area contributed by atoms with E-state index in [1.54, 1.807) is 25.1 Å². The van der Waals surface area contributed by atoms with Crippen LogP contribution >= 0.6 is 0 Å². The van der Waals surface area contributed by atoms with Gasteiger partial charge in [0.05, 0.1) is 51.4 Å². The standard InChI is InChI=1S/C25H28O11/c1-12-11-14-15(21(27)32-2)19(36-20(26)13-9-7-6-8-10-13)18(24(30)35-5)25(31,16(12)22(28)33-3)17(14)23(29)34-4/h6-10,12,14,16-18,31H,11H2,1-5H3. The van der Waals surface area contributed by atoms with Crippen LogP contribution in [-0.2, 0) is 42.9 Å². The Balaban J connectivity index is 2.37. The summed E-state index contributed by atoms with van der Waals surface area (Å²) < 4.78 is 25.2. The maximum atomic E-state index is 13.2. The van der Waals surface area contributed by atoms with E-state index < -0.39 is 70.8 Å². The molecule has 1 fully saturated rings. The van der Waals surface area contributed by atoms with E-state index >= 15 is 0 Å². The lowest BCUT2D eigenvalue weighted by Gasteiger charge is -2.55. The first-order valence-corrected chi connectivity index (χ1v) is 11.1. The van der Waals surface area contributed by atoms with E-state index in [0.29, 0.717) is 0 Å². The van der Waals surface area contributed by atoms with Crippen LogP contribution < -0.4 is 0 Å². The summed E-state index contributed by atoms with van der Waals surface area (Å²) >= 11 is 0. The van der Waals surface area contributed by atoms with E-state index in [2.05, 4.69) is 0 Å². The molecule has 194 valence electrons. The van der Waals surface area contributed by atoms with Gasteiger partial charge >= 0.3 is 29.8 Å². The van der Waals surface area contributed by atoms with E-state index in [1.807, 2.05) is 0 Å². The molecule has 0 amide bonds. The van der Waals surface area contributed by atoms with Gasteiger partial charge < -0.3 is 28.8 Å². The summed E-state index contributed by atoms with van der Waals surface area (Å²) in [5.74, 6) is -12.3. The Morgan fingerprint density at radius 1 is 0.806 bits per heavy atom. The van der Waals surface area contributed by atoms with Crippen molar-refractivity contribution in [2.24, 2.45) is 29.6 Å². The van der Waals surface area contributed by atoms with E-state index in [0.717, 1.165) is 28.4 Å². The number of rotatable bonds is 6. The summed E-state index contributed by atoms with van der Waals surface area (Å²) in [7, 11) is 4.26. The third-order valence-corrected chi connectivity index (χ3v) is 6.92. The van der Waals surface area contributed by atoms with Crippen molar-refractivity contribution in [2.45, 2.75) is 18.9 Å². The first-order valence-electron chi connectivity index (χ1n) is 11.1. The average Bonchev–Trinajstić information content (AvgIpc) is 2.87. The number of benzene rings is 1. The van der Waals surface area contributed by atoms with Gasteiger partial charge in [-0.15, -0.1) is 0 Å². The monoisotopic (exact) mass is 504 g/mol. The Hall–Kier alpha value is -3.73. The Kier molecular flexibility index (Phi) is 7.83. The number of carbonyl (C=O) groups is 5. The van der Waals surface area contributed by atoms with Gasteiger partial charge in [0.2, 0.25) is 0 Å². The van der Waals surface area contributed by atoms with Crippen molar-refractivity contribution >= 4 is 29.8 Å². The minimum atomic E-state index is -2.53. The van der Waals surface area contributed by atoms with E-state index in [-0.39, 0.29) is 17.6 Å². The lowest BCUT2D eigenvalue weighted by atomic mass is 9.50. The second-order valence-electron chi connectivity index (χ2n) is 8.69. The largest absolute Gasteiger partial charge is 0.469 e. The van der Waals surface area contributed by atoms with Crippen molar-refractivity contribution < 1.29 is 52.8 Å². The molecule has 11 heteroatoms. The van der Waals surface area contributed by atoms with Crippen LogP contribution in [0.1, 0.15) is 23.7 Å². The normalized spacial score (nSPS) is 29.0. The fourth-order valence-corrected chi connectivity index (χ4v) is 5.49. The van der Waals surface area contributed by atoms with Gasteiger partial charge in [0.25, 0.3) is 0 Å². The number of aliphatic hydroxyl groups is 1. The molecule has 0 heterocycles. The van der Waals surface area contributed by atoms with Crippen molar-refractivity contribution in [1.29, 1.82) is 0 Å². The third-order valence-electron chi connectivity index (χ3n) is 6.92. The minimum Gasteiger partial charge on any atom is -0.469 e. The Labute approximate surface area is 207 Å². The second-order valence-corrected chi connectivity index (χ2v) is 8.69. The molecule has 3 rings (SSSR count). The lowest BCUT2D eigenvalue weighted by molar-refractivity contribution is -0.212. The Morgan fingerprint density at radius 2 is 1.36 bits per heavy atom. The summed E-state index contributed by atoms with van der Waals surface area (Å²) in [6, 6.07) is 7.72. The lowest BCUT2D eigenvalue weighted by Crippen LogP contribution is -2.68. The molecule has 36 heavy (non-hydrogen) atoms. The first kappa shape index (κ1) is 26.9. The SMILES string of the molecule is COC(=O)C1=C(OC(=O)c2ccccc2)C(C(=O)OC)C2(O)C(C(=O)OC)C(C)CC1C2C(=O)OC. The highest BCUT2D eigenvalue weighted by molar-refractivity contribution is 5.98. The fourth-order valence-electron chi connectivity index (χ4n) is 5.49. The summed E-state index contributed by atoms with van der Waals surface area (Å²) in [6.07, 6.45) is 0.00650.